The zero-order valence-corrected chi connectivity index (χ0v) is 16.9. The summed E-state index contributed by atoms with van der Waals surface area (Å²) in [5.74, 6) is -0.814. The van der Waals surface area contributed by atoms with Crippen molar-refractivity contribution < 1.29 is 28.6 Å². The second-order valence-corrected chi connectivity index (χ2v) is 6.25. The highest BCUT2D eigenvalue weighted by atomic mass is 16.5. The Morgan fingerprint density at radius 3 is 1.96 bits per heavy atom. The Morgan fingerprint density at radius 1 is 0.857 bits per heavy atom. The lowest BCUT2D eigenvalue weighted by Gasteiger charge is -2.21. The summed E-state index contributed by atoms with van der Waals surface area (Å²) in [6.07, 6.45) is 0.837. The van der Waals surface area contributed by atoms with Crippen LogP contribution in [0.5, 0.6) is 0 Å². The van der Waals surface area contributed by atoms with E-state index in [1.165, 1.54) is 21.3 Å². The zero-order chi connectivity index (χ0) is 20.8. The second kappa shape index (κ2) is 13.7. The fourth-order valence-electron chi connectivity index (χ4n) is 2.59. The number of esters is 3. The first kappa shape index (κ1) is 23.6. The SMILES string of the molecule is COC(=O)CCNCc1cccc(CN(CCC(=O)OC)CCC(=O)OC)c1. The van der Waals surface area contributed by atoms with Crippen LogP contribution >= 0.6 is 0 Å². The van der Waals surface area contributed by atoms with Gasteiger partial charge in [-0.15, -0.1) is 0 Å². The number of benzene rings is 1. The van der Waals surface area contributed by atoms with Gasteiger partial charge >= 0.3 is 17.9 Å². The largest absolute Gasteiger partial charge is 0.469 e. The molecule has 28 heavy (non-hydrogen) atoms. The van der Waals surface area contributed by atoms with Crippen molar-refractivity contribution in [3.8, 4) is 0 Å². The second-order valence-electron chi connectivity index (χ2n) is 6.25. The maximum absolute atomic E-state index is 11.5. The van der Waals surface area contributed by atoms with Crippen LogP contribution in [0, 0.1) is 0 Å². The Kier molecular flexibility index (Phi) is 11.5. The lowest BCUT2D eigenvalue weighted by atomic mass is 10.1. The Balaban J connectivity index is 2.61. The molecular formula is C20H30N2O6. The third-order valence-corrected chi connectivity index (χ3v) is 4.18. The molecule has 0 saturated carbocycles. The lowest BCUT2D eigenvalue weighted by molar-refractivity contribution is -0.142. The quantitative estimate of drug-likeness (QED) is 0.304. The van der Waals surface area contributed by atoms with E-state index >= 15 is 0 Å². The molecule has 0 bridgehead atoms. The van der Waals surface area contributed by atoms with Crippen molar-refractivity contribution in [3.63, 3.8) is 0 Å². The molecule has 0 aliphatic heterocycles. The van der Waals surface area contributed by atoms with Gasteiger partial charge in [-0.25, -0.2) is 0 Å². The van der Waals surface area contributed by atoms with Crippen LogP contribution in [-0.2, 0) is 41.7 Å². The van der Waals surface area contributed by atoms with Crippen molar-refractivity contribution >= 4 is 17.9 Å². The average molecular weight is 394 g/mol. The first-order chi connectivity index (χ1) is 13.5. The Morgan fingerprint density at radius 2 is 1.39 bits per heavy atom. The number of nitrogens with zero attached hydrogens (tertiary/aromatic N) is 1. The molecular weight excluding hydrogens is 364 g/mol. The van der Waals surface area contributed by atoms with E-state index in [1.807, 2.05) is 23.1 Å². The van der Waals surface area contributed by atoms with Crippen molar-refractivity contribution in [2.24, 2.45) is 0 Å². The van der Waals surface area contributed by atoms with Gasteiger partial charge in [0, 0.05) is 32.7 Å². The minimum atomic E-state index is -0.286. The zero-order valence-electron chi connectivity index (χ0n) is 16.9. The van der Waals surface area contributed by atoms with Crippen molar-refractivity contribution in [1.82, 2.24) is 10.2 Å². The third-order valence-electron chi connectivity index (χ3n) is 4.18. The van der Waals surface area contributed by atoms with E-state index in [9.17, 15) is 14.4 Å². The van der Waals surface area contributed by atoms with Gasteiger partial charge < -0.3 is 19.5 Å². The minimum Gasteiger partial charge on any atom is -0.469 e. The van der Waals surface area contributed by atoms with Gasteiger partial charge in [-0.05, 0) is 11.1 Å². The van der Waals surface area contributed by atoms with Crippen LogP contribution in [0.3, 0.4) is 0 Å². The molecule has 0 saturated heterocycles. The van der Waals surface area contributed by atoms with Crippen LogP contribution < -0.4 is 5.32 Å². The molecule has 0 spiro atoms. The van der Waals surface area contributed by atoms with Crippen LogP contribution in [0.4, 0.5) is 0 Å². The number of carbonyl (C=O) groups is 3. The van der Waals surface area contributed by atoms with Gasteiger partial charge in [0.2, 0.25) is 0 Å². The molecule has 156 valence electrons. The van der Waals surface area contributed by atoms with Gasteiger partial charge in [0.1, 0.15) is 0 Å². The topological polar surface area (TPSA) is 94.2 Å². The molecule has 0 aromatic heterocycles. The fourth-order valence-corrected chi connectivity index (χ4v) is 2.59. The average Bonchev–Trinajstić information content (AvgIpc) is 2.72. The summed E-state index contributed by atoms with van der Waals surface area (Å²) < 4.78 is 14.0. The molecule has 1 aromatic rings. The molecule has 0 aliphatic carbocycles. The van der Waals surface area contributed by atoms with E-state index < -0.39 is 0 Å². The Bertz CT molecular complexity index is 615. The number of methoxy groups -OCH3 is 3. The van der Waals surface area contributed by atoms with Crippen molar-refractivity contribution in [3.05, 3.63) is 35.4 Å². The summed E-state index contributed by atoms with van der Waals surface area (Å²) in [5, 5.41) is 3.21. The third kappa shape index (κ3) is 10.0. The molecule has 0 atom stereocenters. The summed E-state index contributed by atoms with van der Waals surface area (Å²) in [7, 11) is 4.09. The summed E-state index contributed by atoms with van der Waals surface area (Å²) >= 11 is 0. The molecule has 0 radical (unpaired) electrons. The fraction of sp³-hybridized carbons (Fsp3) is 0.550. The monoisotopic (exact) mass is 394 g/mol. The molecule has 1 rings (SSSR count). The summed E-state index contributed by atoms with van der Waals surface area (Å²) in [6.45, 7) is 2.76. The van der Waals surface area contributed by atoms with Gasteiger partial charge in [-0.3, -0.25) is 19.3 Å². The predicted octanol–water partition coefficient (Wildman–Crippen LogP) is 1.27. The first-order valence-electron chi connectivity index (χ1n) is 9.19. The molecule has 0 amide bonds. The Hall–Kier alpha value is -2.45. The van der Waals surface area contributed by atoms with Crippen LogP contribution in [0.25, 0.3) is 0 Å². The number of rotatable bonds is 13. The molecule has 0 heterocycles. The number of hydrogen-bond donors (Lipinski definition) is 1. The van der Waals surface area contributed by atoms with E-state index in [1.54, 1.807) is 0 Å². The highest BCUT2D eigenvalue weighted by Crippen LogP contribution is 2.10. The molecule has 0 fully saturated rings. The molecule has 0 unspecified atom stereocenters. The van der Waals surface area contributed by atoms with Gasteiger partial charge in [0.25, 0.3) is 0 Å². The summed E-state index contributed by atoms with van der Waals surface area (Å²) in [4.78, 5) is 36.1. The van der Waals surface area contributed by atoms with Crippen molar-refractivity contribution in [1.29, 1.82) is 0 Å². The predicted molar refractivity (Wildman–Crippen MR) is 103 cm³/mol. The van der Waals surface area contributed by atoms with Gasteiger partial charge in [0.05, 0.1) is 40.6 Å². The lowest BCUT2D eigenvalue weighted by Crippen LogP contribution is -2.29. The number of nitrogens with one attached hydrogen (secondary N) is 1. The van der Waals surface area contributed by atoms with E-state index in [-0.39, 0.29) is 30.7 Å². The number of hydrogen-bond acceptors (Lipinski definition) is 8. The number of ether oxygens (including phenoxy) is 3. The van der Waals surface area contributed by atoms with Crippen LogP contribution in [0.1, 0.15) is 30.4 Å². The molecule has 1 aromatic carbocycles. The highest BCUT2D eigenvalue weighted by molar-refractivity contribution is 5.70. The molecule has 1 N–H and O–H groups in total. The van der Waals surface area contributed by atoms with E-state index in [0.29, 0.717) is 39.1 Å². The maximum Gasteiger partial charge on any atom is 0.306 e. The van der Waals surface area contributed by atoms with Gasteiger partial charge in [0.15, 0.2) is 0 Å². The molecule has 0 aliphatic rings. The van der Waals surface area contributed by atoms with Crippen LogP contribution in [-0.4, -0.2) is 63.8 Å². The van der Waals surface area contributed by atoms with Gasteiger partial charge in [-0.1, -0.05) is 24.3 Å². The Labute approximate surface area is 166 Å². The van der Waals surface area contributed by atoms with Crippen molar-refractivity contribution in [2.45, 2.75) is 32.4 Å². The summed E-state index contributed by atoms with van der Waals surface area (Å²) in [6, 6.07) is 8.03. The van der Waals surface area contributed by atoms with E-state index in [4.69, 9.17) is 9.47 Å². The standard InChI is InChI=1S/C20H30N2O6/c1-26-18(23)7-10-21-14-16-5-4-6-17(13-16)15-22(11-8-19(24)27-2)12-9-20(25)28-3/h4-6,13,21H,7-12,14-15H2,1-3H3. The minimum absolute atomic E-state index is 0.242. The smallest absolute Gasteiger partial charge is 0.306 e. The van der Waals surface area contributed by atoms with Crippen molar-refractivity contribution in [2.75, 3.05) is 41.0 Å². The van der Waals surface area contributed by atoms with Crippen LogP contribution in [0.2, 0.25) is 0 Å². The first-order valence-corrected chi connectivity index (χ1v) is 9.19. The number of carbonyl (C=O) groups excluding carboxylic acids is 3. The highest BCUT2D eigenvalue weighted by Gasteiger charge is 2.12. The molecule has 8 nitrogen and oxygen atoms in total. The van der Waals surface area contributed by atoms with Gasteiger partial charge in [-0.2, -0.15) is 0 Å². The maximum atomic E-state index is 11.5. The van der Waals surface area contributed by atoms with Crippen LogP contribution in [0.15, 0.2) is 24.3 Å². The van der Waals surface area contributed by atoms with E-state index in [0.717, 1.165) is 11.1 Å². The normalized spacial score (nSPS) is 10.6. The molecule has 8 heteroatoms. The van der Waals surface area contributed by atoms with E-state index in [2.05, 4.69) is 16.1 Å². The summed E-state index contributed by atoms with van der Waals surface area (Å²) in [5.41, 5.74) is 2.16.